The zero-order valence-corrected chi connectivity index (χ0v) is 17.3. The third kappa shape index (κ3) is 5.67. The molecule has 7 heteroatoms. The molecule has 0 N–H and O–H groups in total. The minimum Gasteiger partial charge on any atom is -0.426 e. The number of esters is 2. The maximum absolute atomic E-state index is 12.4. The lowest BCUT2D eigenvalue weighted by Crippen LogP contribution is -2.24. The van der Waals surface area contributed by atoms with Crippen LogP contribution in [0.2, 0.25) is 0 Å². The summed E-state index contributed by atoms with van der Waals surface area (Å²) in [5.74, 6) is -1.29. The smallest absolute Gasteiger partial charge is 0.311 e. The Morgan fingerprint density at radius 3 is 1.55 bits per heavy atom. The summed E-state index contributed by atoms with van der Waals surface area (Å²) < 4.78 is 35.1. The summed E-state index contributed by atoms with van der Waals surface area (Å²) in [6.07, 6.45) is -0.119. The van der Waals surface area contributed by atoms with Crippen molar-refractivity contribution < 1.29 is 27.5 Å². The average molecular weight is 416 g/mol. The van der Waals surface area contributed by atoms with Gasteiger partial charge in [0.25, 0.3) is 0 Å². The van der Waals surface area contributed by atoms with Gasteiger partial charge in [0.15, 0.2) is 9.84 Å². The average Bonchev–Trinajstić information content (AvgIpc) is 2.92. The second kappa shape index (κ2) is 8.78. The van der Waals surface area contributed by atoms with E-state index in [4.69, 9.17) is 9.47 Å². The number of ether oxygens (including phenoxy) is 2. The Morgan fingerprint density at radius 1 is 0.793 bits per heavy atom. The van der Waals surface area contributed by atoms with E-state index in [1.54, 1.807) is 24.3 Å². The Bertz CT molecular complexity index is 936. The van der Waals surface area contributed by atoms with E-state index in [1.165, 1.54) is 0 Å². The third-order valence-corrected chi connectivity index (χ3v) is 6.97. The molecule has 1 saturated heterocycles. The third-order valence-electron chi connectivity index (χ3n) is 5.10. The SMILES string of the molecule is Cc1ccccc1OC(=O)C[C@@H]1CS(=O)(=O)C[C@H]1CC(=O)Oc1ccccc1C. The Morgan fingerprint density at radius 2 is 1.17 bits per heavy atom. The minimum atomic E-state index is -3.31. The molecule has 154 valence electrons. The highest BCUT2D eigenvalue weighted by atomic mass is 32.2. The van der Waals surface area contributed by atoms with Crippen LogP contribution in [0.25, 0.3) is 0 Å². The van der Waals surface area contributed by atoms with Gasteiger partial charge >= 0.3 is 11.9 Å². The molecule has 2 aromatic carbocycles. The molecule has 29 heavy (non-hydrogen) atoms. The number of rotatable bonds is 6. The predicted octanol–water partition coefficient (Wildman–Crippen LogP) is 3.26. The maximum atomic E-state index is 12.4. The largest absolute Gasteiger partial charge is 0.426 e. The number of sulfone groups is 1. The standard InChI is InChI=1S/C22H24O6S/c1-15-7-3-5-9-19(15)27-21(23)11-17-13-29(25,26)14-18(17)12-22(24)28-20-10-6-4-8-16(20)2/h3-10,17-18H,11-14H2,1-2H3/t17-,18-/m1/s1. The molecule has 6 nitrogen and oxygen atoms in total. The van der Waals surface area contributed by atoms with E-state index >= 15 is 0 Å². The predicted molar refractivity (Wildman–Crippen MR) is 108 cm³/mol. The van der Waals surface area contributed by atoms with E-state index in [2.05, 4.69) is 0 Å². The second-order valence-corrected chi connectivity index (χ2v) is 9.64. The van der Waals surface area contributed by atoms with Crippen LogP contribution < -0.4 is 9.47 Å². The van der Waals surface area contributed by atoms with Crippen molar-refractivity contribution in [3.8, 4) is 11.5 Å². The Hall–Kier alpha value is -2.67. The molecule has 0 aliphatic carbocycles. The first-order valence-electron chi connectivity index (χ1n) is 9.46. The number of benzene rings is 2. The molecule has 1 aliphatic rings. The van der Waals surface area contributed by atoms with Gasteiger partial charge in [0.2, 0.25) is 0 Å². The summed E-state index contributed by atoms with van der Waals surface area (Å²) in [4.78, 5) is 24.7. The van der Waals surface area contributed by atoms with Gasteiger partial charge in [0, 0.05) is 0 Å². The van der Waals surface area contributed by atoms with Crippen LogP contribution in [0, 0.1) is 25.7 Å². The van der Waals surface area contributed by atoms with Gasteiger partial charge in [-0.1, -0.05) is 36.4 Å². The van der Waals surface area contributed by atoms with E-state index < -0.39 is 33.6 Å². The Labute approximate surface area is 170 Å². The van der Waals surface area contributed by atoms with E-state index in [9.17, 15) is 18.0 Å². The molecule has 1 fully saturated rings. The molecule has 0 radical (unpaired) electrons. The zero-order valence-electron chi connectivity index (χ0n) is 16.5. The summed E-state index contributed by atoms with van der Waals surface area (Å²) in [7, 11) is -3.31. The summed E-state index contributed by atoms with van der Waals surface area (Å²) in [6, 6.07) is 14.2. The van der Waals surface area contributed by atoms with Crippen LogP contribution in [0.5, 0.6) is 11.5 Å². The minimum absolute atomic E-state index is 0.0596. The van der Waals surface area contributed by atoms with Crippen molar-refractivity contribution in [2.24, 2.45) is 11.8 Å². The fourth-order valence-corrected chi connectivity index (χ4v) is 5.76. The van der Waals surface area contributed by atoms with Crippen molar-refractivity contribution in [2.45, 2.75) is 26.7 Å². The first kappa shape index (κ1) is 21.0. The molecule has 0 aromatic heterocycles. The molecule has 0 bridgehead atoms. The van der Waals surface area contributed by atoms with Crippen LogP contribution in [0.3, 0.4) is 0 Å². The van der Waals surface area contributed by atoms with Gasteiger partial charge in [0.05, 0.1) is 24.3 Å². The first-order valence-corrected chi connectivity index (χ1v) is 11.3. The highest BCUT2D eigenvalue weighted by molar-refractivity contribution is 7.91. The topological polar surface area (TPSA) is 86.7 Å². The van der Waals surface area contributed by atoms with E-state index in [0.29, 0.717) is 11.5 Å². The summed E-state index contributed by atoms with van der Waals surface area (Å²) in [6.45, 7) is 3.65. The highest BCUT2D eigenvalue weighted by Gasteiger charge is 2.40. The quantitative estimate of drug-likeness (QED) is 0.531. The normalized spacial score (nSPS) is 20.2. The van der Waals surface area contributed by atoms with Crippen molar-refractivity contribution in [1.29, 1.82) is 0 Å². The lowest BCUT2D eigenvalue weighted by molar-refractivity contribution is -0.138. The van der Waals surface area contributed by atoms with Gasteiger partial charge in [-0.2, -0.15) is 0 Å². The Balaban J connectivity index is 1.64. The van der Waals surface area contributed by atoms with Crippen LogP contribution in [0.4, 0.5) is 0 Å². The molecule has 0 amide bonds. The number of carbonyl (C=O) groups is 2. The van der Waals surface area contributed by atoms with Crippen LogP contribution >= 0.6 is 0 Å². The number of hydrogen-bond acceptors (Lipinski definition) is 6. The molecule has 0 spiro atoms. The van der Waals surface area contributed by atoms with E-state index in [-0.39, 0.29) is 24.3 Å². The molecule has 2 atom stereocenters. The highest BCUT2D eigenvalue weighted by Crippen LogP contribution is 2.32. The number of aryl methyl sites for hydroxylation is 2. The molecule has 2 aromatic rings. The monoisotopic (exact) mass is 416 g/mol. The lowest BCUT2D eigenvalue weighted by Gasteiger charge is -2.17. The molecule has 3 rings (SSSR count). The molecule has 0 unspecified atom stereocenters. The van der Waals surface area contributed by atoms with E-state index in [1.807, 2.05) is 38.1 Å². The van der Waals surface area contributed by atoms with Crippen LogP contribution in [0.15, 0.2) is 48.5 Å². The molecular weight excluding hydrogens is 392 g/mol. The van der Waals surface area contributed by atoms with Gasteiger partial charge < -0.3 is 9.47 Å². The van der Waals surface area contributed by atoms with Crippen molar-refractivity contribution in [3.63, 3.8) is 0 Å². The first-order chi connectivity index (χ1) is 13.7. The number of hydrogen-bond donors (Lipinski definition) is 0. The van der Waals surface area contributed by atoms with Gasteiger partial charge in [-0.25, -0.2) is 8.42 Å². The summed E-state index contributed by atoms with van der Waals surface area (Å²) in [5.41, 5.74) is 1.64. The van der Waals surface area contributed by atoms with Gasteiger partial charge in [-0.3, -0.25) is 9.59 Å². The van der Waals surface area contributed by atoms with Crippen LogP contribution in [-0.4, -0.2) is 31.9 Å². The zero-order chi connectivity index (χ0) is 21.0. The van der Waals surface area contributed by atoms with Gasteiger partial charge in [-0.05, 0) is 48.9 Å². The molecule has 1 heterocycles. The lowest BCUT2D eigenvalue weighted by atomic mass is 9.90. The second-order valence-electron chi connectivity index (χ2n) is 7.48. The number of para-hydroxylation sites is 2. The fourth-order valence-electron chi connectivity index (χ4n) is 3.54. The van der Waals surface area contributed by atoms with Gasteiger partial charge in [-0.15, -0.1) is 0 Å². The number of carbonyl (C=O) groups excluding carboxylic acids is 2. The van der Waals surface area contributed by atoms with Crippen LogP contribution in [-0.2, 0) is 19.4 Å². The van der Waals surface area contributed by atoms with Crippen molar-refractivity contribution in [1.82, 2.24) is 0 Å². The summed E-state index contributed by atoms with van der Waals surface area (Å²) in [5, 5.41) is 0. The Kier molecular flexibility index (Phi) is 6.37. The summed E-state index contributed by atoms with van der Waals surface area (Å²) >= 11 is 0. The van der Waals surface area contributed by atoms with Crippen molar-refractivity contribution in [3.05, 3.63) is 59.7 Å². The maximum Gasteiger partial charge on any atom is 0.311 e. The van der Waals surface area contributed by atoms with Crippen molar-refractivity contribution in [2.75, 3.05) is 11.5 Å². The van der Waals surface area contributed by atoms with Crippen molar-refractivity contribution >= 4 is 21.8 Å². The van der Waals surface area contributed by atoms with Gasteiger partial charge in [0.1, 0.15) is 11.5 Å². The molecule has 0 saturated carbocycles. The molecular formula is C22H24O6S. The fraction of sp³-hybridized carbons (Fsp3) is 0.364. The van der Waals surface area contributed by atoms with Crippen LogP contribution in [0.1, 0.15) is 24.0 Å². The van der Waals surface area contributed by atoms with E-state index in [0.717, 1.165) is 11.1 Å². The molecule has 1 aliphatic heterocycles.